The first kappa shape index (κ1) is 8.72. The maximum Gasteiger partial charge on any atom is 0.141 e. The maximum absolute atomic E-state index is 8.81. The van der Waals surface area contributed by atoms with E-state index in [9.17, 15) is 0 Å². The molecule has 1 aromatic heterocycles. The van der Waals surface area contributed by atoms with Crippen molar-refractivity contribution in [2.45, 2.75) is 25.4 Å². The highest BCUT2D eigenvalue weighted by molar-refractivity contribution is 5.10. The minimum absolute atomic E-state index is 0.0380. The topological polar surface area (TPSA) is 58.3 Å². The van der Waals surface area contributed by atoms with E-state index in [1.807, 2.05) is 6.07 Å². The van der Waals surface area contributed by atoms with Crippen molar-refractivity contribution in [1.82, 2.24) is 10.5 Å². The summed E-state index contributed by atoms with van der Waals surface area (Å²) in [6, 6.07) is 1.84. The highest BCUT2D eigenvalue weighted by Crippen LogP contribution is 2.23. The molecule has 4 nitrogen and oxygen atoms in total. The first-order valence-corrected chi connectivity index (χ1v) is 4.67. The third-order valence-corrected chi connectivity index (χ3v) is 2.44. The fourth-order valence-electron chi connectivity index (χ4n) is 1.69. The summed E-state index contributed by atoms with van der Waals surface area (Å²) >= 11 is 0. The fraction of sp³-hybridized carbons (Fsp3) is 0.667. The normalized spacial score (nSPS) is 23.3. The molecular weight excluding hydrogens is 168 g/mol. The molecule has 13 heavy (non-hydrogen) atoms. The second kappa shape index (κ2) is 3.89. The second-order valence-electron chi connectivity index (χ2n) is 3.42. The van der Waals surface area contributed by atoms with E-state index in [0.717, 1.165) is 25.3 Å². The van der Waals surface area contributed by atoms with Crippen LogP contribution in [0.25, 0.3) is 0 Å². The highest BCUT2D eigenvalue weighted by Gasteiger charge is 2.19. The van der Waals surface area contributed by atoms with Gasteiger partial charge in [0.25, 0.3) is 0 Å². The van der Waals surface area contributed by atoms with Gasteiger partial charge in [0.15, 0.2) is 0 Å². The molecule has 1 fully saturated rings. The molecule has 0 aromatic carbocycles. The third kappa shape index (κ3) is 1.89. The predicted octanol–water partition coefficient (Wildman–Crippen LogP) is 0.634. The Morgan fingerprint density at radius 3 is 3.23 bits per heavy atom. The Morgan fingerprint density at radius 1 is 1.69 bits per heavy atom. The van der Waals surface area contributed by atoms with Crippen molar-refractivity contribution >= 4 is 0 Å². The summed E-state index contributed by atoms with van der Waals surface area (Å²) in [4.78, 5) is 0. The van der Waals surface area contributed by atoms with Gasteiger partial charge in [0.05, 0.1) is 6.61 Å². The maximum atomic E-state index is 8.81. The molecule has 1 saturated heterocycles. The van der Waals surface area contributed by atoms with Gasteiger partial charge >= 0.3 is 0 Å². The monoisotopic (exact) mass is 182 g/mol. The molecule has 1 aromatic rings. The van der Waals surface area contributed by atoms with Crippen LogP contribution in [0.3, 0.4) is 0 Å². The van der Waals surface area contributed by atoms with Gasteiger partial charge in [0.1, 0.15) is 11.5 Å². The number of nitrogens with one attached hydrogen (secondary N) is 1. The van der Waals surface area contributed by atoms with E-state index >= 15 is 0 Å². The van der Waals surface area contributed by atoms with Crippen molar-refractivity contribution in [3.05, 3.63) is 17.5 Å². The lowest BCUT2D eigenvalue weighted by atomic mass is 9.97. The van der Waals surface area contributed by atoms with Crippen molar-refractivity contribution in [2.24, 2.45) is 0 Å². The minimum Gasteiger partial charge on any atom is -0.390 e. The summed E-state index contributed by atoms with van der Waals surface area (Å²) in [6.45, 7) is 2.02. The van der Waals surface area contributed by atoms with Gasteiger partial charge in [-0.15, -0.1) is 0 Å². The van der Waals surface area contributed by atoms with Crippen LogP contribution in [0.5, 0.6) is 0 Å². The lowest BCUT2D eigenvalue weighted by molar-refractivity contribution is 0.262. The molecule has 4 heteroatoms. The van der Waals surface area contributed by atoms with Gasteiger partial charge in [-0.1, -0.05) is 5.16 Å². The number of hydrogen-bond donors (Lipinski definition) is 2. The van der Waals surface area contributed by atoms with E-state index in [-0.39, 0.29) is 6.61 Å². The number of aromatic nitrogens is 1. The molecule has 0 spiro atoms. The molecule has 0 saturated carbocycles. The Balaban J connectivity index is 2.05. The van der Waals surface area contributed by atoms with Crippen LogP contribution in [-0.4, -0.2) is 23.4 Å². The molecule has 1 aliphatic rings. The van der Waals surface area contributed by atoms with Crippen LogP contribution in [0.4, 0.5) is 0 Å². The van der Waals surface area contributed by atoms with E-state index < -0.39 is 0 Å². The SMILES string of the molecule is OCc1cc(C2CCCNC2)on1. The standard InChI is InChI=1S/C9H14N2O2/c12-6-8-4-9(13-11-8)7-2-1-3-10-5-7/h4,7,10,12H,1-3,5-6H2. The molecule has 2 heterocycles. The quantitative estimate of drug-likeness (QED) is 0.704. The van der Waals surface area contributed by atoms with Gasteiger partial charge in [-0.3, -0.25) is 0 Å². The summed E-state index contributed by atoms with van der Waals surface area (Å²) in [5.74, 6) is 1.33. The Labute approximate surface area is 76.9 Å². The minimum atomic E-state index is -0.0380. The molecule has 0 bridgehead atoms. The zero-order valence-corrected chi connectivity index (χ0v) is 7.49. The highest BCUT2D eigenvalue weighted by atomic mass is 16.5. The molecule has 72 valence electrons. The zero-order valence-electron chi connectivity index (χ0n) is 7.49. The lowest BCUT2D eigenvalue weighted by Crippen LogP contribution is -2.28. The number of piperidine rings is 1. The van der Waals surface area contributed by atoms with Crippen molar-refractivity contribution in [1.29, 1.82) is 0 Å². The number of aliphatic hydroxyl groups excluding tert-OH is 1. The Hall–Kier alpha value is -0.870. The van der Waals surface area contributed by atoms with E-state index in [1.54, 1.807) is 0 Å². The average Bonchev–Trinajstić information content (AvgIpc) is 2.67. The van der Waals surface area contributed by atoms with Crippen molar-refractivity contribution in [3.8, 4) is 0 Å². The predicted molar refractivity (Wildman–Crippen MR) is 47.3 cm³/mol. The number of aliphatic hydroxyl groups is 1. The van der Waals surface area contributed by atoms with Gasteiger partial charge in [-0.25, -0.2) is 0 Å². The summed E-state index contributed by atoms with van der Waals surface area (Å²) < 4.78 is 5.14. The molecule has 0 radical (unpaired) electrons. The van der Waals surface area contributed by atoms with Crippen LogP contribution in [0.1, 0.15) is 30.2 Å². The van der Waals surface area contributed by atoms with Crippen LogP contribution in [0.2, 0.25) is 0 Å². The Kier molecular flexibility index (Phi) is 2.61. The second-order valence-corrected chi connectivity index (χ2v) is 3.42. The van der Waals surface area contributed by atoms with Crippen LogP contribution < -0.4 is 5.32 Å². The molecular formula is C9H14N2O2. The van der Waals surface area contributed by atoms with Crippen molar-refractivity contribution < 1.29 is 9.63 Å². The smallest absolute Gasteiger partial charge is 0.141 e. The van der Waals surface area contributed by atoms with Crippen molar-refractivity contribution in [3.63, 3.8) is 0 Å². The first-order valence-electron chi connectivity index (χ1n) is 4.67. The van der Waals surface area contributed by atoms with Gasteiger partial charge in [0.2, 0.25) is 0 Å². The molecule has 0 aliphatic carbocycles. The van der Waals surface area contributed by atoms with Crippen LogP contribution in [0.15, 0.2) is 10.6 Å². The number of rotatable bonds is 2. The Bertz CT molecular complexity index is 266. The summed E-state index contributed by atoms with van der Waals surface area (Å²) in [7, 11) is 0. The van der Waals surface area contributed by atoms with Crippen LogP contribution in [0, 0.1) is 0 Å². The van der Waals surface area contributed by atoms with E-state index in [4.69, 9.17) is 9.63 Å². The molecule has 1 aliphatic heterocycles. The first-order chi connectivity index (χ1) is 6.40. The molecule has 2 N–H and O–H groups in total. The summed E-state index contributed by atoms with van der Waals surface area (Å²) in [5.41, 5.74) is 0.626. The molecule has 2 rings (SSSR count). The van der Waals surface area contributed by atoms with Crippen LogP contribution in [-0.2, 0) is 6.61 Å². The number of hydrogen-bond acceptors (Lipinski definition) is 4. The van der Waals surface area contributed by atoms with Gasteiger partial charge in [0, 0.05) is 18.5 Å². The van der Waals surface area contributed by atoms with Crippen molar-refractivity contribution in [2.75, 3.05) is 13.1 Å². The third-order valence-electron chi connectivity index (χ3n) is 2.44. The molecule has 0 amide bonds. The average molecular weight is 182 g/mol. The van der Waals surface area contributed by atoms with Gasteiger partial charge in [-0.2, -0.15) is 0 Å². The van der Waals surface area contributed by atoms with E-state index in [0.29, 0.717) is 11.6 Å². The lowest BCUT2D eigenvalue weighted by Gasteiger charge is -2.19. The van der Waals surface area contributed by atoms with Gasteiger partial charge < -0.3 is 14.9 Å². The molecule has 1 unspecified atom stereocenters. The molecule has 1 atom stereocenters. The summed E-state index contributed by atoms with van der Waals surface area (Å²) in [6.07, 6.45) is 2.33. The van der Waals surface area contributed by atoms with E-state index in [2.05, 4.69) is 10.5 Å². The largest absolute Gasteiger partial charge is 0.390 e. The zero-order chi connectivity index (χ0) is 9.10. The van der Waals surface area contributed by atoms with Gasteiger partial charge in [-0.05, 0) is 19.4 Å². The number of nitrogens with zero attached hydrogens (tertiary/aromatic N) is 1. The van der Waals surface area contributed by atoms with Crippen LogP contribution >= 0.6 is 0 Å². The summed E-state index contributed by atoms with van der Waals surface area (Å²) in [5, 5.41) is 15.9. The fourth-order valence-corrected chi connectivity index (χ4v) is 1.69. The Morgan fingerprint density at radius 2 is 2.62 bits per heavy atom. The van der Waals surface area contributed by atoms with E-state index in [1.165, 1.54) is 6.42 Å².